The number of piperidine rings is 1. The normalized spacial score (nSPS) is 20.7. The van der Waals surface area contributed by atoms with Crippen molar-refractivity contribution in [3.05, 3.63) is 34.9 Å². The van der Waals surface area contributed by atoms with Gasteiger partial charge in [-0.2, -0.15) is 0 Å². The van der Waals surface area contributed by atoms with E-state index in [-0.39, 0.29) is 17.7 Å². The van der Waals surface area contributed by atoms with E-state index >= 15 is 0 Å². The Morgan fingerprint density at radius 3 is 2.73 bits per heavy atom. The average Bonchev–Trinajstić information content (AvgIpc) is 2.89. The van der Waals surface area contributed by atoms with E-state index in [4.69, 9.17) is 0 Å². The summed E-state index contributed by atoms with van der Waals surface area (Å²) in [6, 6.07) is 5.67. The number of nitrogens with one attached hydrogen (secondary N) is 1. The van der Waals surface area contributed by atoms with Gasteiger partial charge < -0.3 is 10.2 Å². The van der Waals surface area contributed by atoms with Crippen molar-refractivity contribution in [1.82, 2.24) is 10.2 Å². The molecule has 4 nitrogen and oxygen atoms in total. The molecule has 1 aromatic carbocycles. The highest BCUT2D eigenvalue weighted by Crippen LogP contribution is 2.26. The van der Waals surface area contributed by atoms with Gasteiger partial charge in [0.2, 0.25) is 0 Å². The lowest BCUT2D eigenvalue weighted by Crippen LogP contribution is -2.43. The first-order valence-electron chi connectivity index (χ1n) is 8.20. The maximum Gasteiger partial charge on any atom is 0.251 e. The number of rotatable bonds is 3. The van der Waals surface area contributed by atoms with Crippen molar-refractivity contribution in [2.24, 2.45) is 5.92 Å². The summed E-state index contributed by atoms with van der Waals surface area (Å²) in [5.41, 5.74) is 2.35. The molecule has 1 amide bonds. The van der Waals surface area contributed by atoms with Gasteiger partial charge in [0.05, 0.1) is 0 Å². The zero-order valence-electron chi connectivity index (χ0n) is 13.4. The summed E-state index contributed by atoms with van der Waals surface area (Å²) in [4.78, 5) is 26.7. The Balaban J connectivity index is 1.69. The number of Topliss-reactive ketones (excluding diaryl/α,β-unsaturated/α-hetero) is 1. The van der Waals surface area contributed by atoms with Gasteiger partial charge in [0.1, 0.15) is 0 Å². The van der Waals surface area contributed by atoms with Gasteiger partial charge in [-0.1, -0.05) is 12.1 Å². The van der Waals surface area contributed by atoms with Gasteiger partial charge in [0.25, 0.3) is 5.91 Å². The minimum absolute atomic E-state index is 0.0296. The maximum atomic E-state index is 12.6. The minimum Gasteiger partial charge on any atom is -0.349 e. The van der Waals surface area contributed by atoms with Gasteiger partial charge >= 0.3 is 0 Å². The summed E-state index contributed by atoms with van der Waals surface area (Å²) in [5, 5.41) is 3.16. The zero-order valence-corrected chi connectivity index (χ0v) is 13.4. The summed E-state index contributed by atoms with van der Waals surface area (Å²) in [5.74, 6) is 0.671. The molecule has 0 unspecified atom stereocenters. The average molecular weight is 300 g/mol. The molecular formula is C18H24N2O2. The Morgan fingerprint density at radius 1 is 1.27 bits per heavy atom. The molecule has 1 aliphatic carbocycles. The van der Waals surface area contributed by atoms with Crippen LogP contribution >= 0.6 is 0 Å². The standard InChI is InChI=1S/C18H24N2O2/c1-12(13-8-10-20(2)11-9-13)19-18(22)16-5-3-4-15-14(16)6-7-17(15)21/h3-5,12-13H,6-11H2,1-2H3,(H,19,22)/t12-/m0/s1. The van der Waals surface area contributed by atoms with Gasteiger partial charge in [-0.25, -0.2) is 0 Å². The van der Waals surface area contributed by atoms with Crippen LogP contribution in [-0.4, -0.2) is 42.8 Å². The second-order valence-corrected chi connectivity index (χ2v) is 6.66. The number of carbonyl (C=O) groups excluding carboxylic acids is 2. The Morgan fingerprint density at radius 2 is 2.00 bits per heavy atom. The molecule has 0 spiro atoms. The van der Waals surface area contributed by atoms with Crippen LogP contribution in [0.4, 0.5) is 0 Å². The molecule has 2 aliphatic rings. The third-order valence-electron chi connectivity index (χ3n) is 5.15. The zero-order chi connectivity index (χ0) is 15.7. The number of likely N-dealkylation sites (tertiary alicyclic amines) is 1. The van der Waals surface area contributed by atoms with E-state index in [1.807, 2.05) is 18.2 Å². The van der Waals surface area contributed by atoms with E-state index in [0.29, 0.717) is 24.3 Å². The summed E-state index contributed by atoms with van der Waals surface area (Å²) in [6.07, 6.45) is 3.48. The van der Waals surface area contributed by atoms with E-state index in [1.165, 1.54) is 0 Å². The highest BCUT2D eigenvalue weighted by Gasteiger charge is 2.27. The van der Waals surface area contributed by atoms with Crippen LogP contribution in [0.1, 0.15) is 52.5 Å². The molecule has 0 saturated carbocycles. The molecule has 0 bridgehead atoms. The van der Waals surface area contributed by atoms with E-state index in [2.05, 4.69) is 24.2 Å². The Kier molecular flexibility index (Phi) is 4.30. The molecule has 3 rings (SSSR count). The fourth-order valence-electron chi connectivity index (χ4n) is 3.63. The van der Waals surface area contributed by atoms with Crippen LogP contribution in [0.3, 0.4) is 0 Å². The lowest BCUT2D eigenvalue weighted by Gasteiger charge is -2.33. The second-order valence-electron chi connectivity index (χ2n) is 6.66. The van der Waals surface area contributed by atoms with Crippen molar-refractivity contribution in [3.8, 4) is 0 Å². The topological polar surface area (TPSA) is 49.4 Å². The number of ketones is 1. The summed E-state index contributed by atoms with van der Waals surface area (Å²) in [6.45, 7) is 4.29. The van der Waals surface area contributed by atoms with Gasteiger partial charge in [0.15, 0.2) is 5.78 Å². The highest BCUT2D eigenvalue weighted by molar-refractivity contribution is 6.05. The molecule has 1 fully saturated rings. The molecule has 22 heavy (non-hydrogen) atoms. The number of carbonyl (C=O) groups is 2. The van der Waals surface area contributed by atoms with Crippen molar-refractivity contribution in [2.45, 2.75) is 38.6 Å². The van der Waals surface area contributed by atoms with Crippen LogP contribution in [0, 0.1) is 5.92 Å². The molecule has 118 valence electrons. The third kappa shape index (κ3) is 2.93. The van der Waals surface area contributed by atoms with Crippen molar-refractivity contribution in [1.29, 1.82) is 0 Å². The second kappa shape index (κ2) is 6.21. The summed E-state index contributed by atoms with van der Waals surface area (Å²) < 4.78 is 0. The predicted molar refractivity (Wildman–Crippen MR) is 86.2 cm³/mol. The Hall–Kier alpha value is -1.68. The number of fused-ring (bicyclic) bond motifs is 1. The van der Waals surface area contributed by atoms with Gasteiger partial charge in [-0.15, -0.1) is 0 Å². The van der Waals surface area contributed by atoms with Crippen LogP contribution in [0.2, 0.25) is 0 Å². The van der Waals surface area contributed by atoms with Crippen molar-refractivity contribution in [2.75, 3.05) is 20.1 Å². The Bertz CT molecular complexity index is 589. The van der Waals surface area contributed by atoms with Gasteiger partial charge in [-0.05, 0) is 63.9 Å². The molecule has 1 aliphatic heterocycles. The van der Waals surface area contributed by atoms with E-state index in [0.717, 1.165) is 37.1 Å². The summed E-state index contributed by atoms with van der Waals surface area (Å²) in [7, 11) is 2.14. The van der Waals surface area contributed by atoms with Gasteiger partial charge in [0, 0.05) is 23.6 Å². The minimum atomic E-state index is -0.0296. The molecule has 0 aromatic heterocycles. The SMILES string of the molecule is C[C@H](NC(=O)c1cccc2c1CCC2=O)C1CCN(C)CC1. The molecule has 1 aromatic rings. The number of amides is 1. The number of hydrogen-bond acceptors (Lipinski definition) is 3. The molecule has 4 heteroatoms. The molecule has 1 atom stereocenters. The lowest BCUT2D eigenvalue weighted by atomic mass is 9.90. The van der Waals surface area contributed by atoms with Crippen molar-refractivity contribution in [3.63, 3.8) is 0 Å². The van der Waals surface area contributed by atoms with E-state index < -0.39 is 0 Å². The first-order valence-corrected chi connectivity index (χ1v) is 8.20. The lowest BCUT2D eigenvalue weighted by molar-refractivity contribution is 0.0908. The first-order chi connectivity index (χ1) is 10.6. The van der Waals surface area contributed by atoms with Crippen LogP contribution in [-0.2, 0) is 6.42 Å². The molecule has 1 heterocycles. The molecular weight excluding hydrogens is 276 g/mol. The molecule has 1 saturated heterocycles. The van der Waals surface area contributed by atoms with Gasteiger partial charge in [-0.3, -0.25) is 9.59 Å². The number of nitrogens with zero attached hydrogens (tertiary/aromatic N) is 1. The molecule has 1 N–H and O–H groups in total. The first kappa shape index (κ1) is 15.2. The van der Waals surface area contributed by atoms with Crippen LogP contribution in [0.5, 0.6) is 0 Å². The third-order valence-corrected chi connectivity index (χ3v) is 5.15. The maximum absolute atomic E-state index is 12.6. The van der Waals surface area contributed by atoms with Crippen molar-refractivity contribution < 1.29 is 9.59 Å². The quantitative estimate of drug-likeness (QED) is 0.931. The fraction of sp³-hybridized carbons (Fsp3) is 0.556. The smallest absolute Gasteiger partial charge is 0.251 e. The van der Waals surface area contributed by atoms with Crippen molar-refractivity contribution >= 4 is 11.7 Å². The van der Waals surface area contributed by atoms with Crippen LogP contribution in [0.25, 0.3) is 0 Å². The molecule has 0 radical (unpaired) electrons. The predicted octanol–water partition coefficient (Wildman–Crippen LogP) is 2.28. The van der Waals surface area contributed by atoms with Crippen LogP contribution in [0.15, 0.2) is 18.2 Å². The number of benzene rings is 1. The largest absolute Gasteiger partial charge is 0.349 e. The van der Waals surface area contributed by atoms with E-state index in [9.17, 15) is 9.59 Å². The highest BCUT2D eigenvalue weighted by atomic mass is 16.1. The van der Waals surface area contributed by atoms with Crippen LogP contribution < -0.4 is 5.32 Å². The number of hydrogen-bond donors (Lipinski definition) is 1. The summed E-state index contributed by atoms with van der Waals surface area (Å²) >= 11 is 0. The fourth-order valence-corrected chi connectivity index (χ4v) is 3.63. The Labute approximate surface area is 131 Å². The van der Waals surface area contributed by atoms with E-state index in [1.54, 1.807) is 0 Å². The monoisotopic (exact) mass is 300 g/mol.